The third kappa shape index (κ3) is 2.79. The van der Waals surface area contributed by atoms with Crippen molar-refractivity contribution < 1.29 is 9.90 Å². The average Bonchev–Trinajstić information content (AvgIpc) is 2.82. The van der Waals surface area contributed by atoms with E-state index in [2.05, 4.69) is 11.9 Å². The highest BCUT2D eigenvalue weighted by Crippen LogP contribution is 2.30. The van der Waals surface area contributed by atoms with Gasteiger partial charge in [-0.3, -0.25) is 0 Å². The zero-order valence-corrected chi connectivity index (χ0v) is 9.59. The van der Waals surface area contributed by atoms with Gasteiger partial charge in [0.05, 0.1) is 0 Å². The highest BCUT2D eigenvalue weighted by Gasteiger charge is 2.23. The Hall–Kier alpha value is -0.870. The largest absolute Gasteiger partial charge is 0.477 e. The van der Waals surface area contributed by atoms with Crippen LogP contribution >= 0.6 is 11.3 Å². The van der Waals surface area contributed by atoms with Crippen LogP contribution in [0.4, 0.5) is 0 Å². The quantitative estimate of drug-likeness (QED) is 0.835. The van der Waals surface area contributed by atoms with Crippen molar-refractivity contribution >= 4 is 17.3 Å². The lowest BCUT2D eigenvalue weighted by Gasteiger charge is -2.15. The van der Waals surface area contributed by atoms with Crippen LogP contribution in [0, 0.1) is 5.92 Å². The molecule has 1 aliphatic carbocycles. The minimum absolute atomic E-state index is 0.484. The summed E-state index contributed by atoms with van der Waals surface area (Å²) in [4.78, 5) is 13.6. The topological polar surface area (TPSA) is 40.5 Å². The van der Waals surface area contributed by atoms with Gasteiger partial charge in [0, 0.05) is 13.1 Å². The first-order valence-corrected chi connectivity index (χ1v) is 6.03. The number of rotatable bonds is 5. The Labute approximate surface area is 93.3 Å². The van der Waals surface area contributed by atoms with Gasteiger partial charge in [-0.2, -0.15) is 0 Å². The lowest BCUT2D eigenvalue weighted by atomic mass is 10.2. The van der Waals surface area contributed by atoms with Gasteiger partial charge in [0.25, 0.3) is 0 Å². The predicted octanol–water partition coefficient (Wildman–Crippen LogP) is 2.29. The number of aromatic carboxylic acids is 1. The van der Waals surface area contributed by atoms with Crippen molar-refractivity contribution in [3.05, 3.63) is 21.9 Å². The first-order valence-electron chi connectivity index (χ1n) is 5.15. The summed E-state index contributed by atoms with van der Waals surface area (Å²) in [5.74, 6) is 0.0433. The van der Waals surface area contributed by atoms with Crippen LogP contribution < -0.4 is 0 Å². The van der Waals surface area contributed by atoms with Crippen molar-refractivity contribution in [3.63, 3.8) is 0 Å². The van der Waals surface area contributed by atoms with E-state index in [4.69, 9.17) is 5.11 Å². The molecule has 82 valence electrons. The summed E-state index contributed by atoms with van der Waals surface area (Å²) in [6, 6.07) is 1.91. The van der Waals surface area contributed by atoms with Gasteiger partial charge < -0.3 is 10.0 Å². The molecule has 15 heavy (non-hydrogen) atoms. The molecular weight excluding hydrogens is 210 g/mol. The SMILES string of the molecule is CN(Cc1ccsc1C(=O)O)CC1CC1. The molecule has 1 aromatic rings. The summed E-state index contributed by atoms with van der Waals surface area (Å²) in [6.45, 7) is 1.84. The Kier molecular flexibility index (Phi) is 3.07. The molecule has 1 N–H and O–H groups in total. The van der Waals surface area contributed by atoms with E-state index >= 15 is 0 Å². The first kappa shape index (κ1) is 10.6. The molecule has 0 aliphatic heterocycles. The molecule has 3 nitrogen and oxygen atoms in total. The highest BCUT2D eigenvalue weighted by molar-refractivity contribution is 7.12. The van der Waals surface area contributed by atoms with E-state index in [9.17, 15) is 4.79 Å². The molecule has 1 aromatic heterocycles. The van der Waals surface area contributed by atoms with Gasteiger partial charge in [-0.15, -0.1) is 11.3 Å². The Bertz CT molecular complexity index is 357. The summed E-state index contributed by atoms with van der Waals surface area (Å²) >= 11 is 1.31. The van der Waals surface area contributed by atoms with E-state index in [1.54, 1.807) is 0 Å². The molecule has 1 fully saturated rings. The van der Waals surface area contributed by atoms with Crippen molar-refractivity contribution in [1.82, 2.24) is 4.90 Å². The minimum Gasteiger partial charge on any atom is -0.477 e. The molecule has 0 spiro atoms. The molecule has 0 unspecified atom stereocenters. The number of thiophene rings is 1. The smallest absolute Gasteiger partial charge is 0.346 e. The second kappa shape index (κ2) is 4.33. The van der Waals surface area contributed by atoms with Crippen LogP contribution in [0.3, 0.4) is 0 Å². The average molecular weight is 225 g/mol. The Morgan fingerprint density at radius 2 is 2.40 bits per heavy atom. The van der Waals surface area contributed by atoms with Crippen LogP contribution in [0.15, 0.2) is 11.4 Å². The first-order chi connectivity index (χ1) is 7.16. The second-order valence-corrected chi connectivity index (χ2v) is 5.14. The molecule has 4 heteroatoms. The fourth-order valence-electron chi connectivity index (χ4n) is 1.74. The van der Waals surface area contributed by atoms with Crippen molar-refractivity contribution in [2.45, 2.75) is 19.4 Å². The standard InChI is InChI=1S/C11H15NO2S/c1-12(6-8-2-3-8)7-9-4-5-15-10(9)11(13)14/h4-5,8H,2-3,6-7H2,1H3,(H,13,14). The minimum atomic E-state index is -0.806. The Balaban J connectivity index is 1.96. The molecule has 0 bridgehead atoms. The van der Waals surface area contributed by atoms with Gasteiger partial charge in [-0.25, -0.2) is 4.79 Å². The molecule has 1 heterocycles. The molecule has 0 aromatic carbocycles. The summed E-state index contributed by atoms with van der Waals surface area (Å²) in [6.07, 6.45) is 2.67. The highest BCUT2D eigenvalue weighted by atomic mass is 32.1. The van der Waals surface area contributed by atoms with Crippen LogP contribution in [0.25, 0.3) is 0 Å². The predicted molar refractivity (Wildman–Crippen MR) is 60.3 cm³/mol. The normalized spacial score (nSPS) is 15.9. The van der Waals surface area contributed by atoms with Gasteiger partial charge in [0.2, 0.25) is 0 Å². The van der Waals surface area contributed by atoms with Crippen LogP contribution in [0.1, 0.15) is 28.1 Å². The van der Waals surface area contributed by atoms with E-state index in [0.29, 0.717) is 4.88 Å². The van der Waals surface area contributed by atoms with Gasteiger partial charge in [0.1, 0.15) is 4.88 Å². The number of hydrogen-bond acceptors (Lipinski definition) is 3. The van der Waals surface area contributed by atoms with Crippen LogP contribution in [0.2, 0.25) is 0 Å². The van der Waals surface area contributed by atoms with E-state index in [1.165, 1.54) is 24.2 Å². The number of carboxylic acid groups (broad SMARTS) is 1. The number of carbonyl (C=O) groups is 1. The van der Waals surface area contributed by atoms with E-state index in [1.807, 2.05) is 11.4 Å². The van der Waals surface area contributed by atoms with Crippen molar-refractivity contribution in [1.29, 1.82) is 0 Å². The second-order valence-electron chi connectivity index (χ2n) is 4.22. The molecular formula is C11H15NO2S. The molecule has 0 radical (unpaired) electrons. The van der Waals surface area contributed by atoms with Crippen molar-refractivity contribution in [2.24, 2.45) is 5.92 Å². The number of nitrogens with zero attached hydrogens (tertiary/aromatic N) is 1. The monoisotopic (exact) mass is 225 g/mol. The van der Waals surface area contributed by atoms with Gasteiger partial charge in [-0.1, -0.05) is 0 Å². The maximum atomic E-state index is 10.9. The third-order valence-corrected chi connectivity index (χ3v) is 3.59. The van der Waals surface area contributed by atoms with Crippen molar-refractivity contribution in [2.75, 3.05) is 13.6 Å². The van der Waals surface area contributed by atoms with Crippen molar-refractivity contribution in [3.8, 4) is 0 Å². The fourth-order valence-corrected chi connectivity index (χ4v) is 2.50. The van der Waals surface area contributed by atoms with Crippen LogP contribution in [0.5, 0.6) is 0 Å². The molecule has 0 saturated heterocycles. The number of carboxylic acids is 1. The molecule has 1 aliphatic rings. The molecule has 0 amide bonds. The molecule has 0 atom stereocenters. The van der Waals surface area contributed by atoms with E-state index in [0.717, 1.165) is 24.6 Å². The van der Waals surface area contributed by atoms with Crippen LogP contribution in [-0.4, -0.2) is 29.6 Å². The van der Waals surface area contributed by atoms with Gasteiger partial charge in [0.15, 0.2) is 0 Å². The summed E-state index contributed by atoms with van der Waals surface area (Å²) < 4.78 is 0. The van der Waals surface area contributed by atoms with Gasteiger partial charge >= 0.3 is 5.97 Å². The zero-order chi connectivity index (χ0) is 10.8. The lowest BCUT2D eigenvalue weighted by molar-refractivity contribution is 0.0700. The lowest BCUT2D eigenvalue weighted by Crippen LogP contribution is -2.21. The third-order valence-electron chi connectivity index (χ3n) is 2.65. The van der Waals surface area contributed by atoms with E-state index in [-0.39, 0.29) is 0 Å². The Morgan fingerprint density at radius 1 is 1.67 bits per heavy atom. The number of hydrogen-bond donors (Lipinski definition) is 1. The summed E-state index contributed by atoms with van der Waals surface area (Å²) in [5, 5.41) is 10.8. The molecule has 1 saturated carbocycles. The fraction of sp³-hybridized carbons (Fsp3) is 0.545. The van der Waals surface area contributed by atoms with Gasteiger partial charge in [-0.05, 0) is 42.8 Å². The Morgan fingerprint density at radius 3 is 3.00 bits per heavy atom. The maximum Gasteiger partial charge on any atom is 0.346 e. The molecule has 2 rings (SSSR count). The maximum absolute atomic E-state index is 10.9. The zero-order valence-electron chi connectivity index (χ0n) is 8.77. The summed E-state index contributed by atoms with van der Waals surface area (Å²) in [5.41, 5.74) is 0.940. The van der Waals surface area contributed by atoms with Crippen LogP contribution in [-0.2, 0) is 6.54 Å². The summed E-state index contributed by atoms with van der Waals surface area (Å²) in [7, 11) is 2.06. The van der Waals surface area contributed by atoms with E-state index < -0.39 is 5.97 Å².